The van der Waals surface area contributed by atoms with E-state index in [1.165, 1.54) is 49.4 Å². The Kier molecular flexibility index (Phi) is 6.85. The summed E-state index contributed by atoms with van der Waals surface area (Å²) in [4.78, 5) is 35.6. The average molecular weight is 451 g/mol. The average Bonchev–Trinajstić information content (AvgIpc) is 2.77. The third-order valence-electron chi connectivity index (χ3n) is 4.95. The molecule has 0 radical (unpaired) electrons. The molecule has 0 saturated heterocycles. The van der Waals surface area contributed by atoms with Crippen LogP contribution in [0.1, 0.15) is 35.7 Å². The van der Waals surface area contributed by atoms with Crippen molar-refractivity contribution in [3.63, 3.8) is 0 Å². The Morgan fingerprint density at radius 3 is 2.53 bits per heavy atom. The van der Waals surface area contributed by atoms with Gasteiger partial charge >= 0.3 is 0 Å². The van der Waals surface area contributed by atoms with Crippen molar-refractivity contribution >= 4 is 29.0 Å². The van der Waals surface area contributed by atoms with Gasteiger partial charge in [0.2, 0.25) is 0 Å². The standard InChI is InChI=1S/C23H18FN3O4S/c1-13-21(14(2)28)22(16-4-3-5-18(10-16)27(30)31)19(11-25)23(26-13)32-12-20(29)15-6-8-17(24)9-7-15/h3-10,22,26H,12H2,1-2H3/t22-/m1/s1. The lowest BCUT2D eigenvalue weighted by molar-refractivity contribution is -0.384. The lowest BCUT2D eigenvalue weighted by Crippen LogP contribution is -2.27. The zero-order chi connectivity index (χ0) is 23.4. The number of nitrogens with zero attached hydrogens (tertiary/aromatic N) is 2. The van der Waals surface area contributed by atoms with Crippen molar-refractivity contribution in [2.75, 3.05) is 5.75 Å². The first-order valence-corrected chi connectivity index (χ1v) is 10.5. The summed E-state index contributed by atoms with van der Waals surface area (Å²) in [6.07, 6.45) is 0. The van der Waals surface area contributed by atoms with Crippen LogP contribution in [0.3, 0.4) is 0 Å². The van der Waals surface area contributed by atoms with E-state index in [9.17, 15) is 29.4 Å². The fraction of sp³-hybridized carbons (Fsp3) is 0.174. The number of rotatable bonds is 7. The van der Waals surface area contributed by atoms with Crippen molar-refractivity contribution in [3.05, 3.63) is 97.5 Å². The van der Waals surface area contributed by atoms with Crippen molar-refractivity contribution in [1.82, 2.24) is 5.32 Å². The van der Waals surface area contributed by atoms with E-state index in [4.69, 9.17) is 0 Å². The topological polar surface area (TPSA) is 113 Å². The van der Waals surface area contributed by atoms with Crippen LogP contribution in [0.5, 0.6) is 0 Å². The number of carbonyl (C=O) groups excluding carboxylic acids is 2. The van der Waals surface area contributed by atoms with Crippen LogP contribution < -0.4 is 5.32 Å². The molecule has 2 aromatic carbocycles. The minimum absolute atomic E-state index is 0.0243. The Hall–Kier alpha value is -3.77. The number of dihydropyridines is 1. The molecule has 0 aromatic heterocycles. The number of carbonyl (C=O) groups is 2. The lowest BCUT2D eigenvalue weighted by Gasteiger charge is -2.29. The molecule has 1 N–H and O–H groups in total. The van der Waals surface area contributed by atoms with E-state index in [-0.39, 0.29) is 28.6 Å². The van der Waals surface area contributed by atoms with Crippen LogP contribution in [0.2, 0.25) is 0 Å². The molecule has 1 atom stereocenters. The summed E-state index contributed by atoms with van der Waals surface area (Å²) in [5, 5.41) is 24.6. The van der Waals surface area contributed by atoms with E-state index in [1.54, 1.807) is 13.0 Å². The molecule has 0 fully saturated rings. The van der Waals surface area contributed by atoms with Crippen LogP contribution in [0.25, 0.3) is 0 Å². The number of non-ortho nitro benzene ring substituents is 1. The van der Waals surface area contributed by atoms with Gasteiger partial charge in [-0.2, -0.15) is 5.26 Å². The predicted octanol–water partition coefficient (Wildman–Crippen LogP) is 4.63. The second-order valence-corrected chi connectivity index (χ2v) is 8.06. The Morgan fingerprint density at radius 1 is 1.25 bits per heavy atom. The third kappa shape index (κ3) is 4.76. The molecule has 2 aromatic rings. The molecular formula is C23H18FN3O4S. The van der Waals surface area contributed by atoms with Gasteiger partial charge in [0.25, 0.3) is 5.69 Å². The normalized spacial score (nSPS) is 15.8. The van der Waals surface area contributed by atoms with E-state index in [0.717, 1.165) is 11.8 Å². The second kappa shape index (κ2) is 9.58. The van der Waals surface area contributed by atoms with Gasteiger partial charge in [0, 0.05) is 29.0 Å². The van der Waals surface area contributed by atoms with Crippen molar-refractivity contribution in [2.24, 2.45) is 0 Å². The van der Waals surface area contributed by atoms with Gasteiger partial charge in [-0.15, -0.1) is 0 Å². The van der Waals surface area contributed by atoms with E-state index >= 15 is 0 Å². The monoisotopic (exact) mass is 451 g/mol. The minimum atomic E-state index is -0.804. The van der Waals surface area contributed by atoms with Crippen molar-refractivity contribution in [1.29, 1.82) is 5.26 Å². The van der Waals surface area contributed by atoms with Crippen molar-refractivity contribution < 1.29 is 18.9 Å². The number of nitro groups is 1. The largest absolute Gasteiger partial charge is 0.353 e. The van der Waals surface area contributed by atoms with E-state index < -0.39 is 16.7 Å². The molecule has 9 heteroatoms. The fourth-order valence-electron chi connectivity index (χ4n) is 3.50. The number of allylic oxidation sites excluding steroid dienone is 3. The van der Waals surface area contributed by atoms with Gasteiger partial charge in [-0.05, 0) is 43.7 Å². The minimum Gasteiger partial charge on any atom is -0.353 e. The van der Waals surface area contributed by atoms with E-state index in [0.29, 0.717) is 27.4 Å². The Labute approximate surface area is 187 Å². The second-order valence-electron chi connectivity index (χ2n) is 7.08. The first-order valence-electron chi connectivity index (χ1n) is 9.51. The summed E-state index contributed by atoms with van der Waals surface area (Å²) < 4.78 is 13.1. The van der Waals surface area contributed by atoms with Gasteiger partial charge in [-0.1, -0.05) is 23.9 Å². The molecule has 1 heterocycles. The van der Waals surface area contributed by atoms with Crippen LogP contribution in [-0.2, 0) is 4.79 Å². The molecule has 32 heavy (non-hydrogen) atoms. The smallest absolute Gasteiger partial charge is 0.269 e. The van der Waals surface area contributed by atoms with Crippen LogP contribution in [0.4, 0.5) is 10.1 Å². The number of hydrogen-bond acceptors (Lipinski definition) is 7. The SMILES string of the molecule is CC(=O)C1=C(C)NC(SCC(=O)c2ccc(F)cc2)=C(C#N)[C@H]1c1cccc([N+](=O)[O-])c1. The number of halogens is 1. The van der Waals surface area contributed by atoms with Gasteiger partial charge in [-0.3, -0.25) is 19.7 Å². The van der Waals surface area contributed by atoms with Crippen LogP contribution in [0, 0.1) is 27.3 Å². The first kappa shape index (κ1) is 22.9. The van der Waals surface area contributed by atoms with Gasteiger partial charge < -0.3 is 5.32 Å². The molecule has 162 valence electrons. The zero-order valence-electron chi connectivity index (χ0n) is 17.2. The van der Waals surface area contributed by atoms with Crippen molar-refractivity contribution in [2.45, 2.75) is 19.8 Å². The number of nitriles is 1. The number of benzene rings is 2. The number of nitrogens with one attached hydrogen (secondary N) is 1. The summed E-state index contributed by atoms with van der Waals surface area (Å²) in [6, 6.07) is 13.1. The zero-order valence-corrected chi connectivity index (χ0v) is 18.0. The molecule has 0 saturated carbocycles. The maximum Gasteiger partial charge on any atom is 0.269 e. The molecular weight excluding hydrogens is 433 g/mol. The highest BCUT2D eigenvalue weighted by Gasteiger charge is 2.34. The third-order valence-corrected chi connectivity index (χ3v) is 5.97. The van der Waals surface area contributed by atoms with Crippen molar-refractivity contribution in [3.8, 4) is 6.07 Å². The molecule has 0 amide bonds. The molecule has 0 aliphatic carbocycles. The van der Waals surface area contributed by atoms with Crippen LogP contribution >= 0.6 is 11.8 Å². The summed E-state index contributed by atoms with van der Waals surface area (Å²) in [5.74, 6) is -1.81. The number of ketones is 2. The molecule has 1 aliphatic rings. The van der Waals surface area contributed by atoms with Gasteiger partial charge in [0.1, 0.15) is 5.82 Å². The maximum atomic E-state index is 13.1. The number of nitro benzene ring substituents is 1. The Balaban J connectivity index is 1.99. The van der Waals surface area contributed by atoms with Crippen LogP contribution in [-0.4, -0.2) is 22.2 Å². The molecule has 0 unspecified atom stereocenters. The molecule has 7 nitrogen and oxygen atoms in total. The fourth-order valence-corrected chi connectivity index (χ4v) is 4.49. The van der Waals surface area contributed by atoms with Gasteiger partial charge in [-0.25, -0.2) is 4.39 Å². The lowest BCUT2D eigenvalue weighted by atomic mass is 9.81. The number of Topliss-reactive ketones (excluding diaryl/α,β-unsaturated/α-hetero) is 2. The summed E-state index contributed by atoms with van der Waals surface area (Å²) in [7, 11) is 0. The quantitative estimate of drug-likeness (QED) is 0.371. The van der Waals surface area contributed by atoms with Gasteiger partial charge in [0.15, 0.2) is 11.6 Å². The number of thioether (sulfide) groups is 1. The Morgan fingerprint density at radius 2 is 1.94 bits per heavy atom. The highest BCUT2D eigenvalue weighted by molar-refractivity contribution is 8.03. The van der Waals surface area contributed by atoms with Gasteiger partial charge in [0.05, 0.1) is 33.3 Å². The highest BCUT2D eigenvalue weighted by Crippen LogP contribution is 2.41. The molecule has 1 aliphatic heterocycles. The predicted molar refractivity (Wildman–Crippen MR) is 118 cm³/mol. The summed E-state index contributed by atoms with van der Waals surface area (Å²) >= 11 is 1.09. The summed E-state index contributed by atoms with van der Waals surface area (Å²) in [6.45, 7) is 3.05. The maximum absolute atomic E-state index is 13.1. The number of hydrogen-bond donors (Lipinski definition) is 1. The van der Waals surface area contributed by atoms with Crippen LogP contribution in [0.15, 0.2) is 70.4 Å². The van der Waals surface area contributed by atoms with E-state index in [1.807, 2.05) is 0 Å². The summed E-state index contributed by atoms with van der Waals surface area (Å²) in [5.41, 5.74) is 1.64. The molecule has 0 bridgehead atoms. The molecule has 0 spiro atoms. The Bertz CT molecular complexity index is 1210. The highest BCUT2D eigenvalue weighted by atomic mass is 32.2. The molecule has 3 rings (SSSR count). The van der Waals surface area contributed by atoms with E-state index in [2.05, 4.69) is 11.4 Å². The first-order chi connectivity index (χ1) is 15.2.